The number of rotatable bonds is 4. The SMILES string of the molecule is CC1(C)CN(CC(=O)N(Cc2cccc(F)c2)C(C)(C)C)CCO1. The highest BCUT2D eigenvalue weighted by Gasteiger charge is 2.32. The van der Waals surface area contributed by atoms with Crippen molar-refractivity contribution >= 4 is 5.91 Å². The van der Waals surface area contributed by atoms with E-state index in [9.17, 15) is 9.18 Å². The van der Waals surface area contributed by atoms with Gasteiger partial charge in [0.1, 0.15) is 5.82 Å². The number of hydrogen-bond donors (Lipinski definition) is 0. The molecule has 1 heterocycles. The fraction of sp³-hybridized carbons (Fsp3) is 0.632. The van der Waals surface area contributed by atoms with Gasteiger partial charge in [-0.15, -0.1) is 0 Å². The standard InChI is InChI=1S/C19H29FN2O2/c1-18(2,3)22(12-15-7-6-8-16(20)11-15)17(23)13-21-9-10-24-19(4,5)14-21/h6-8,11H,9-10,12-14H2,1-5H3. The van der Waals surface area contributed by atoms with E-state index in [1.807, 2.05) is 45.6 Å². The maximum atomic E-state index is 13.4. The predicted molar refractivity (Wildman–Crippen MR) is 93.2 cm³/mol. The third-order valence-corrected chi connectivity index (χ3v) is 4.20. The molecule has 24 heavy (non-hydrogen) atoms. The molecule has 134 valence electrons. The van der Waals surface area contributed by atoms with Crippen LogP contribution >= 0.6 is 0 Å². The van der Waals surface area contributed by atoms with Gasteiger partial charge in [0, 0.05) is 25.2 Å². The minimum absolute atomic E-state index is 0.0597. The minimum Gasteiger partial charge on any atom is -0.373 e. The van der Waals surface area contributed by atoms with Gasteiger partial charge in [-0.25, -0.2) is 4.39 Å². The number of morpholine rings is 1. The lowest BCUT2D eigenvalue weighted by atomic mass is 10.0. The molecule has 1 aromatic rings. The summed E-state index contributed by atoms with van der Waals surface area (Å²) < 4.78 is 19.2. The van der Waals surface area contributed by atoms with E-state index in [-0.39, 0.29) is 22.9 Å². The maximum Gasteiger partial charge on any atom is 0.237 e. The van der Waals surface area contributed by atoms with Crippen LogP contribution in [0.2, 0.25) is 0 Å². The number of nitrogens with zero attached hydrogens (tertiary/aromatic N) is 2. The van der Waals surface area contributed by atoms with Crippen LogP contribution in [0.4, 0.5) is 4.39 Å². The topological polar surface area (TPSA) is 32.8 Å². The van der Waals surface area contributed by atoms with Gasteiger partial charge in [-0.2, -0.15) is 0 Å². The summed E-state index contributed by atoms with van der Waals surface area (Å²) in [5.74, 6) is -0.215. The first-order valence-corrected chi connectivity index (χ1v) is 8.48. The summed E-state index contributed by atoms with van der Waals surface area (Å²) in [7, 11) is 0. The van der Waals surface area contributed by atoms with Crippen LogP contribution in [-0.2, 0) is 16.1 Å². The highest BCUT2D eigenvalue weighted by Crippen LogP contribution is 2.21. The van der Waals surface area contributed by atoms with E-state index in [2.05, 4.69) is 4.90 Å². The van der Waals surface area contributed by atoms with Crippen LogP contribution < -0.4 is 0 Å². The third-order valence-electron chi connectivity index (χ3n) is 4.20. The summed E-state index contributed by atoms with van der Waals surface area (Å²) in [4.78, 5) is 16.9. The van der Waals surface area contributed by atoms with Crippen molar-refractivity contribution in [3.05, 3.63) is 35.6 Å². The Bertz CT molecular complexity index is 581. The van der Waals surface area contributed by atoms with E-state index in [1.54, 1.807) is 6.07 Å². The Morgan fingerprint density at radius 2 is 2.08 bits per heavy atom. The fourth-order valence-electron chi connectivity index (χ4n) is 3.04. The Morgan fingerprint density at radius 3 is 2.67 bits per heavy atom. The molecule has 0 aliphatic carbocycles. The van der Waals surface area contributed by atoms with Gasteiger partial charge in [0.25, 0.3) is 0 Å². The summed E-state index contributed by atoms with van der Waals surface area (Å²) in [5.41, 5.74) is 0.249. The van der Waals surface area contributed by atoms with Crippen molar-refractivity contribution in [2.75, 3.05) is 26.2 Å². The molecule has 1 aromatic carbocycles. The van der Waals surface area contributed by atoms with Gasteiger partial charge in [-0.05, 0) is 52.3 Å². The van der Waals surface area contributed by atoms with Crippen LogP contribution in [0.15, 0.2) is 24.3 Å². The first kappa shape index (κ1) is 18.9. The van der Waals surface area contributed by atoms with Crippen molar-refractivity contribution in [1.29, 1.82) is 0 Å². The summed E-state index contributed by atoms with van der Waals surface area (Å²) in [5, 5.41) is 0. The minimum atomic E-state index is -0.328. The van der Waals surface area contributed by atoms with Gasteiger partial charge < -0.3 is 9.64 Å². The monoisotopic (exact) mass is 336 g/mol. The van der Waals surface area contributed by atoms with Gasteiger partial charge >= 0.3 is 0 Å². The molecule has 5 heteroatoms. The highest BCUT2D eigenvalue weighted by atomic mass is 19.1. The summed E-state index contributed by atoms with van der Waals surface area (Å²) in [6.45, 7) is 13.0. The Labute approximate surface area is 144 Å². The largest absolute Gasteiger partial charge is 0.373 e. The average molecular weight is 336 g/mol. The van der Waals surface area contributed by atoms with Gasteiger partial charge in [-0.1, -0.05) is 12.1 Å². The molecule has 1 amide bonds. The van der Waals surface area contributed by atoms with Gasteiger partial charge in [0.05, 0.1) is 18.8 Å². The lowest BCUT2D eigenvalue weighted by molar-refractivity contribution is -0.142. The van der Waals surface area contributed by atoms with E-state index in [0.717, 1.165) is 18.7 Å². The molecule has 0 aromatic heterocycles. The zero-order chi connectivity index (χ0) is 18.0. The Hall–Kier alpha value is -1.46. The first-order chi connectivity index (χ1) is 11.1. The predicted octanol–water partition coefficient (Wildman–Crippen LogP) is 3.06. The molecule has 0 spiro atoms. The third kappa shape index (κ3) is 5.28. The van der Waals surface area contributed by atoms with Crippen LogP contribution in [0.1, 0.15) is 40.2 Å². The molecule has 4 nitrogen and oxygen atoms in total. The summed E-state index contributed by atoms with van der Waals surface area (Å²) >= 11 is 0. The van der Waals surface area contributed by atoms with E-state index >= 15 is 0 Å². The highest BCUT2D eigenvalue weighted by molar-refractivity contribution is 5.79. The molecule has 1 saturated heterocycles. The number of benzene rings is 1. The van der Waals surface area contributed by atoms with E-state index in [1.165, 1.54) is 12.1 Å². The fourth-order valence-corrected chi connectivity index (χ4v) is 3.04. The van der Waals surface area contributed by atoms with Crippen molar-refractivity contribution < 1.29 is 13.9 Å². The molecular weight excluding hydrogens is 307 g/mol. The van der Waals surface area contributed by atoms with Crippen LogP contribution in [0.25, 0.3) is 0 Å². The molecule has 2 rings (SSSR count). The molecule has 0 radical (unpaired) electrons. The van der Waals surface area contributed by atoms with Gasteiger partial charge in [0.15, 0.2) is 0 Å². The van der Waals surface area contributed by atoms with E-state index in [0.29, 0.717) is 19.7 Å². The van der Waals surface area contributed by atoms with Crippen LogP contribution in [-0.4, -0.2) is 53.1 Å². The van der Waals surface area contributed by atoms with Gasteiger partial charge in [-0.3, -0.25) is 9.69 Å². The molecule has 0 unspecified atom stereocenters. The molecule has 0 saturated carbocycles. The van der Waals surface area contributed by atoms with E-state index in [4.69, 9.17) is 4.74 Å². The van der Waals surface area contributed by atoms with Crippen LogP contribution in [0.5, 0.6) is 0 Å². The molecule has 1 aliphatic rings. The quantitative estimate of drug-likeness (QED) is 0.847. The number of halogens is 1. The summed E-state index contributed by atoms with van der Waals surface area (Å²) in [6, 6.07) is 6.44. The van der Waals surface area contributed by atoms with Crippen molar-refractivity contribution in [2.45, 2.75) is 52.3 Å². The van der Waals surface area contributed by atoms with Gasteiger partial charge in [0.2, 0.25) is 5.91 Å². The van der Waals surface area contributed by atoms with E-state index < -0.39 is 0 Å². The lowest BCUT2D eigenvalue weighted by Crippen LogP contribution is -2.54. The molecule has 0 bridgehead atoms. The Balaban J connectivity index is 2.08. The van der Waals surface area contributed by atoms with Crippen LogP contribution in [0, 0.1) is 5.82 Å². The number of ether oxygens (including phenoxy) is 1. The van der Waals surface area contributed by atoms with Crippen molar-refractivity contribution in [1.82, 2.24) is 9.80 Å². The number of hydrogen-bond acceptors (Lipinski definition) is 3. The zero-order valence-electron chi connectivity index (χ0n) is 15.4. The normalized spacial score (nSPS) is 18.4. The lowest BCUT2D eigenvalue weighted by Gasteiger charge is -2.41. The van der Waals surface area contributed by atoms with Crippen molar-refractivity contribution in [3.8, 4) is 0 Å². The second-order valence-corrected chi connectivity index (χ2v) is 8.10. The smallest absolute Gasteiger partial charge is 0.237 e. The Morgan fingerprint density at radius 1 is 1.38 bits per heavy atom. The second-order valence-electron chi connectivity index (χ2n) is 8.10. The molecule has 0 N–H and O–H groups in total. The molecule has 1 aliphatic heterocycles. The van der Waals surface area contributed by atoms with Crippen molar-refractivity contribution in [3.63, 3.8) is 0 Å². The second kappa shape index (κ2) is 7.19. The number of carbonyl (C=O) groups excluding carboxylic acids is 1. The molecule has 0 atom stereocenters. The molecular formula is C19H29FN2O2. The Kier molecular flexibility index (Phi) is 5.66. The molecule has 1 fully saturated rings. The summed E-state index contributed by atoms with van der Waals surface area (Å²) in [6.07, 6.45) is 0. The number of carbonyl (C=O) groups is 1. The number of amides is 1. The maximum absolute atomic E-state index is 13.4. The van der Waals surface area contributed by atoms with Crippen molar-refractivity contribution in [2.24, 2.45) is 0 Å². The average Bonchev–Trinajstić information content (AvgIpc) is 2.42. The zero-order valence-corrected chi connectivity index (χ0v) is 15.4. The first-order valence-electron chi connectivity index (χ1n) is 8.48. The van der Waals surface area contributed by atoms with Crippen LogP contribution in [0.3, 0.4) is 0 Å².